The molecule has 0 amide bonds. The second-order valence-electron chi connectivity index (χ2n) is 4.43. The maximum Gasteiger partial charge on any atom is 0.340 e. The first-order valence-corrected chi connectivity index (χ1v) is 6.74. The van der Waals surface area contributed by atoms with Crippen LogP contribution in [0.4, 0.5) is 11.4 Å². The number of rotatable bonds is 6. The maximum absolute atomic E-state index is 11.9. The Hall–Kier alpha value is -3.28. The summed E-state index contributed by atoms with van der Waals surface area (Å²) in [6, 6.07) is 12.7. The molecule has 23 heavy (non-hydrogen) atoms. The molecule has 0 heterocycles. The lowest BCUT2D eigenvalue weighted by molar-refractivity contribution is 0.0550. The quantitative estimate of drug-likeness (QED) is 0.493. The van der Waals surface area contributed by atoms with Crippen molar-refractivity contribution >= 4 is 23.3 Å². The largest absolute Gasteiger partial charge is 0.478 e. The Morgan fingerprint density at radius 3 is 2.09 bits per heavy atom. The topological polar surface area (TPSA) is 88.3 Å². The van der Waals surface area contributed by atoms with Gasteiger partial charge in [0.05, 0.1) is 11.1 Å². The van der Waals surface area contributed by atoms with Gasteiger partial charge in [0.1, 0.15) is 18.0 Å². The first-order chi connectivity index (χ1) is 11.1. The number of carbonyl (C=O) groups is 2. The van der Waals surface area contributed by atoms with Crippen LogP contribution in [0.3, 0.4) is 0 Å². The van der Waals surface area contributed by atoms with E-state index in [1.54, 1.807) is 36.4 Å². The first-order valence-electron chi connectivity index (χ1n) is 6.74. The van der Waals surface area contributed by atoms with Gasteiger partial charge in [0.25, 0.3) is 0 Å². The molecule has 6 heteroatoms. The van der Waals surface area contributed by atoms with Crippen molar-refractivity contribution in [2.24, 2.45) is 10.2 Å². The van der Waals surface area contributed by atoms with Gasteiger partial charge >= 0.3 is 11.9 Å². The predicted molar refractivity (Wildman–Crippen MR) is 84.5 cm³/mol. The molecule has 116 valence electrons. The van der Waals surface area contributed by atoms with Crippen molar-refractivity contribution in [1.29, 1.82) is 0 Å². The Labute approximate surface area is 132 Å². The zero-order valence-corrected chi connectivity index (χ0v) is 12.2. The number of hydrogen-bond donors (Lipinski definition) is 1. The van der Waals surface area contributed by atoms with E-state index in [-0.39, 0.29) is 23.4 Å². The molecule has 1 N–H and O–H groups in total. The second kappa shape index (κ2) is 7.65. The van der Waals surface area contributed by atoms with Gasteiger partial charge in [-0.25, -0.2) is 9.59 Å². The zero-order chi connectivity index (χ0) is 16.7. The molecular formula is C17H14N2O4. The van der Waals surface area contributed by atoms with Gasteiger partial charge in [-0.1, -0.05) is 36.9 Å². The molecule has 0 saturated carbocycles. The summed E-state index contributed by atoms with van der Waals surface area (Å²) in [7, 11) is 0. The summed E-state index contributed by atoms with van der Waals surface area (Å²) in [5.41, 5.74) is 0.768. The van der Waals surface area contributed by atoms with Gasteiger partial charge in [0.15, 0.2) is 0 Å². The number of carboxylic acid groups (broad SMARTS) is 1. The molecule has 2 rings (SSSR count). The number of aromatic carboxylic acids is 1. The fourth-order valence-corrected chi connectivity index (χ4v) is 1.80. The van der Waals surface area contributed by atoms with E-state index in [4.69, 9.17) is 9.84 Å². The number of benzene rings is 2. The molecule has 0 bridgehead atoms. The van der Waals surface area contributed by atoms with Crippen molar-refractivity contribution in [3.05, 3.63) is 72.3 Å². The van der Waals surface area contributed by atoms with E-state index < -0.39 is 11.9 Å². The standard InChI is InChI=1S/C17H14N2O4/c1-2-11-23-17(22)13-8-4-6-10-15(13)19-18-14-9-5-3-7-12(14)16(20)21/h2-10H,1,11H2,(H,20,21). The highest BCUT2D eigenvalue weighted by atomic mass is 16.5. The number of carboxylic acids is 1. The molecule has 0 aliphatic rings. The lowest BCUT2D eigenvalue weighted by atomic mass is 10.2. The van der Waals surface area contributed by atoms with E-state index in [2.05, 4.69) is 16.8 Å². The molecule has 0 unspecified atom stereocenters. The monoisotopic (exact) mass is 310 g/mol. The Balaban J connectivity index is 2.32. The summed E-state index contributed by atoms with van der Waals surface area (Å²) in [5.74, 6) is -1.65. The van der Waals surface area contributed by atoms with Crippen LogP contribution >= 0.6 is 0 Å². The van der Waals surface area contributed by atoms with Crippen molar-refractivity contribution in [1.82, 2.24) is 0 Å². The maximum atomic E-state index is 11.9. The average molecular weight is 310 g/mol. The number of azo groups is 1. The van der Waals surface area contributed by atoms with Crippen LogP contribution in [0.15, 0.2) is 71.4 Å². The zero-order valence-electron chi connectivity index (χ0n) is 12.2. The van der Waals surface area contributed by atoms with Crippen LogP contribution in [0.5, 0.6) is 0 Å². The van der Waals surface area contributed by atoms with Crippen LogP contribution in [0.25, 0.3) is 0 Å². The fraction of sp³-hybridized carbons (Fsp3) is 0.0588. The molecule has 0 fully saturated rings. The minimum Gasteiger partial charge on any atom is -0.478 e. The summed E-state index contributed by atoms with van der Waals surface area (Å²) in [6.45, 7) is 3.57. The minimum atomic E-state index is -1.10. The summed E-state index contributed by atoms with van der Waals surface area (Å²) in [5, 5.41) is 17.0. The minimum absolute atomic E-state index is 0.0305. The third-order valence-electron chi connectivity index (χ3n) is 2.86. The van der Waals surface area contributed by atoms with Crippen LogP contribution < -0.4 is 0 Å². The predicted octanol–water partition coefficient (Wildman–Crippen LogP) is 4.14. The van der Waals surface area contributed by atoms with Crippen molar-refractivity contribution in [2.75, 3.05) is 6.61 Å². The summed E-state index contributed by atoms with van der Waals surface area (Å²) in [4.78, 5) is 23.1. The molecule has 0 aliphatic heterocycles. The van der Waals surface area contributed by atoms with Crippen molar-refractivity contribution in [2.45, 2.75) is 0 Å². The molecule has 0 aromatic heterocycles. The fourth-order valence-electron chi connectivity index (χ4n) is 1.80. The Kier molecular flexibility index (Phi) is 5.35. The average Bonchev–Trinajstić information content (AvgIpc) is 2.58. The summed E-state index contributed by atoms with van der Waals surface area (Å²) in [6.07, 6.45) is 1.46. The van der Waals surface area contributed by atoms with Gasteiger partial charge in [-0.15, -0.1) is 10.2 Å². The van der Waals surface area contributed by atoms with E-state index in [0.717, 1.165) is 0 Å². The van der Waals surface area contributed by atoms with Crippen molar-refractivity contribution < 1.29 is 19.4 Å². The molecule has 0 saturated heterocycles. The number of carbonyl (C=O) groups excluding carboxylic acids is 1. The number of hydrogen-bond acceptors (Lipinski definition) is 5. The molecule has 0 aliphatic carbocycles. The summed E-state index contributed by atoms with van der Waals surface area (Å²) >= 11 is 0. The van der Waals surface area contributed by atoms with Gasteiger partial charge in [0, 0.05) is 0 Å². The molecule has 6 nitrogen and oxygen atoms in total. The van der Waals surface area contributed by atoms with Gasteiger partial charge in [-0.3, -0.25) is 0 Å². The van der Waals surface area contributed by atoms with Crippen molar-refractivity contribution in [3.63, 3.8) is 0 Å². The Morgan fingerprint density at radius 2 is 1.52 bits per heavy atom. The van der Waals surface area contributed by atoms with Crippen molar-refractivity contribution in [3.8, 4) is 0 Å². The molecule has 0 spiro atoms. The van der Waals surface area contributed by atoms with Gasteiger partial charge in [0.2, 0.25) is 0 Å². The lowest BCUT2D eigenvalue weighted by Crippen LogP contribution is -2.05. The third-order valence-corrected chi connectivity index (χ3v) is 2.86. The lowest BCUT2D eigenvalue weighted by Gasteiger charge is -2.04. The summed E-state index contributed by atoms with van der Waals surface area (Å²) < 4.78 is 4.98. The second-order valence-corrected chi connectivity index (χ2v) is 4.43. The first kappa shape index (κ1) is 16.1. The van der Waals surface area contributed by atoms with E-state index in [0.29, 0.717) is 5.69 Å². The molecule has 0 atom stereocenters. The Bertz CT molecular complexity index is 769. The van der Waals surface area contributed by atoms with Crippen LogP contribution in [-0.2, 0) is 4.74 Å². The van der Waals surface area contributed by atoms with Crippen LogP contribution in [-0.4, -0.2) is 23.7 Å². The normalized spacial score (nSPS) is 10.4. The van der Waals surface area contributed by atoms with Gasteiger partial charge in [-0.05, 0) is 24.3 Å². The van der Waals surface area contributed by atoms with Gasteiger partial charge in [-0.2, -0.15) is 0 Å². The van der Waals surface area contributed by atoms with E-state index in [1.807, 2.05) is 0 Å². The molecule has 2 aromatic rings. The highest BCUT2D eigenvalue weighted by Gasteiger charge is 2.12. The van der Waals surface area contributed by atoms with Crippen LogP contribution in [0.1, 0.15) is 20.7 Å². The van der Waals surface area contributed by atoms with Gasteiger partial charge < -0.3 is 9.84 Å². The van der Waals surface area contributed by atoms with Crippen LogP contribution in [0.2, 0.25) is 0 Å². The van der Waals surface area contributed by atoms with E-state index >= 15 is 0 Å². The van der Waals surface area contributed by atoms with E-state index in [1.165, 1.54) is 18.2 Å². The highest BCUT2D eigenvalue weighted by Crippen LogP contribution is 2.25. The Morgan fingerprint density at radius 1 is 1.00 bits per heavy atom. The number of ether oxygens (including phenoxy) is 1. The SMILES string of the molecule is C=CCOC(=O)c1ccccc1N=Nc1ccccc1C(=O)O. The molecular weight excluding hydrogens is 296 g/mol. The smallest absolute Gasteiger partial charge is 0.340 e. The van der Waals surface area contributed by atoms with E-state index in [9.17, 15) is 9.59 Å². The third kappa shape index (κ3) is 4.10. The number of nitrogens with zero attached hydrogens (tertiary/aromatic N) is 2. The number of esters is 1. The highest BCUT2D eigenvalue weighted by molar-refractivity contribution is 5.95. The van der Waals surface area contributed by atoms with Crippen LogP contribution in [0, 0.1) is 0 Å². The molecule has 2 aromatic carbocycles. The molecule has 0 radical (unpaired) electrons.